The van der Waals surface area contributed by atoms with Crippen LogP contribution in [0.2, 0.25) is 0 Å². The molecule has 0 heterocycles. The summed E-state index contributed by atoms with van der Waals surface area (Å²) in [6.07, 6.45) is 34.7. The molecule has 0 aromatic rings. The van der Waals surface area contributed by atoms with Crippen molar-refractivity contribution in [1.29, 1.82) is 0 Å². The highest BCUT2D eigenvalue weighted by molar-refractivity contribution is 5.93. The molecule has 0 saturated carbocycles. The van der Waals surface area contributed by atoms with E-state index in [-0.39, 0.29) is 5.91 Å². The Morgan fingerprint density at radius 3 is 1.54 bits per heavy atom. The maximum atomic E-state index is 11.8. The Morgan fingerprint density at radius 2 is 1.05 bits per heavy atom. The smallest absolute Gasteiger partial charge is 0.328 e. The lowest BCUT2D eigenvalue weighted by atomic mass is 10.2. The van der Waals surface area contributed by atoms with Crippen LogP contribution in [0, 0.1) is 0 Å². The number of aliphatic carboxylic acids is 1. The topological polar surface area (TPSA) is 108 Å². The molecule has 0 aromatic heterocycles. The summed E-state index contributed by atoms with van der Waals surface area (Å²) in [5.41, 5.74) is 0. The first kappa shape index (κ1) is 33.5. The van der Waals surface area contributed by atoms with Gasteiger partial charge in [0.25, 0.3) is 0 Å². The van der Waals surface area contributed by atoms with Crippen molar-refractivity contribution in [2.24, 2.45) is 0 Å². The van der Waals surface area contributed by atoms with E-state index in [1.807, 2.05) is 6.08 Å². The van der Waals surface area contributed by atoms with E-state index in [0.29, 0.717) is 39.0 Å². The van der Waals surface area contributed by atoms with E-state index in [1.165, 1.54) is 0 Å². The fraction of sp³-hybridized carbons (Fsp3) is 0.433. The van der Waals surface area contributed by atoms with Gasteiger partial charge in [-0.15, -0.1) is 0 Å². The molecule has 0 rings (SSSR count). The highest BCUT2D eigenvalue weighted by Crippen LogP contribution is 1.97. The first-order valence-electron chi connectivity index (χ1n) is 13.1. The van der Waals surface area contributed by atoms with Crippen LogP contribution in [0.1, 0.15) is 58.3 Å². The molecule has 7 nitrogen and oxygen atoms in total. The van der Waals surface area contributed by atoms with E-state index < -0.39 is 11.9 Å². The zero-order valence-corrected chi connectivity index (χ0v) is 22.2. The van der Waals surface area contributed by atoms with Gasteiger partial charge >= 0.3 is 5.97 Å². The van der Waals surface area contributed by atoms with Crippen molar-refractivity contribution in [1.82, 2.24) is 16.0 Å². The summed E-state index contributed by atoms with van der Waals surface area (Å²) in [6, 6.07) is 0. The van der Waals surface area contributed by atoms with Crippen molar-refractivity contribution < 1.29 is 19.5 Å². The molecule has 0 unspecified atom stereocenters. The molecule has 0 atom stereocenters. The Labute approximate surface area is 222 Å². The highest BCUT2D eigenvalue weighted by atomic mass is 16.4. The first-order chi connectivity index (χ1) is 18.1. The van der Waals surface area contributed by atoms with Crippen LogP contribution in [0.4, 0.5) is 0 Å². The summed E-state index contributed by atoms with van der Waals surface area (Å²) in [5.74, 6) is -1.61. The van der Waals surface area contributed by atoms with Crippen molar-refractivity contribution in [2.45, 2.75) is 58.3 Å². The average Bonchev–Trinajstić information content (AvgIpc) is 2.88. The van der Waals surface area contributed by atoms with Gasteiger partial charge in [-0.05, 0) is 44.9 Å². The van der Waals surface area contributed by atoms with Crippen LogP contribution < -0.4 is 16.0 Å². The molecule has 204 valence electrons. The maximum Gasteiger partial charge on any atom is 0.328 e. The molecular weight excluding hydrogens is 466 g/mol. The number of hydrogen-bond acceptors (Lipinski definition) is 4. The second kappa shape index (κ2) is 27.1. The van der Waals surface area contributed by atoms with Crippen molar-refractivity contribution in [3.63, 3.8) is 0 Å². The summed E-state index contributed by atoms with van der Waals surface area (Å²) in [4.78, 5) is 33.4. The predicted octanol–water partition coefficient (Wildman–Crippen LogP) is 4.93. The molecule has 0 aliphatic heterocycles. The Hall–Kier alpha value is -3.45. The van der Waals surface area contributed by atoms with Crippen molar-refractivity contribution >= 4 is 17.8 Å². The fourth-order valence-corrected chi connectivity index (χ4v) is 2.84. The van der Waals surface area contributed by atoms with E-state index in [4.69, 9.17) is 5.11 Å². The lowest BCUT2D eigenvalue weighted by molar-refractivity contribution is -0.131. The minimum absolute atomic E-state index is 0.00781. The van der Waals surface area contributed by atoms with Crippen LogP contribution in [0.15, 0.2) is 85.1 Å². The zero-order valence-electron chi connectivity index (χ0n) is 22.2. The summed E-state index contributed by atoms with van der Waals surface area (Å²) >= 11 is 0. The molecular formula is C30H45N3O4. The molecule has 0 fully saturated rings. The number of amides is 2. The van der Waals surface area contributed by atoms with E-state index in [2.05, 4.69) is 89.7 Å². The summed E-state index contributed by atoms with van der Waals surface area (Å²) < 4.78 is 0. The van der Waals surface area contributed by atoms with Gasteiger partial charge in [-0.25, -0.2) is 4.79 Å². The Morgan fingerprint density at radius 1 is 0.595 bits per heavy atom. The largest absolute Gasteiger partial charge is 0.478 e. The zero-order chi connectivity index (χ0) is 27.2. The normalized spacial score (nSPS) is 12.5. The van der Waals surface area contributed by atoms with Crippen LogP contribution in [-0.4, -0.2) is 49.1 Å². The molecule has 7 heteroatoms. The van der Waals surface area contributed by atoms with Gasteiger partial charge in [0.2, 0.25) is 11.8 Å². The number of carboxylic acids is 1. The third kappa shape index (κ3) is 28.7. The minimum Gasteiger partial charge on any atom is -0.478 e. The quantitative estimate of drug-likeness (QED) is 0.0937. The van der Waals surface area contributed by atoms with Gasteiger partial charge in [-0.3, -0.25) is 9.59 Å². The van der Waals surface area contributed by atoms with Crippen LogP contribution in [0.25, 0.3) is 0 Å². The van der Waals surface area contributed by atoms with Gasteiger partial charge in [0.05, 0.1) is 0 Å². The molecule has 4 N–H and O–H groups in total. The van der Waals surface area contributed by atoms with Gasteiger partial charge in [0.1, 0.15) is 0 Å². The highest BCUT2D eigenvalue weighted by Gasteiger charge is 1.99. The molecule has 0 spiro atoms. The summed E-state index contributed by atoms with van der Waals surface area (Å²) in [6.45, 7) is 4.15. The molecule has 0 aliphatic rings. The van der Waals surface area contributed by atoms with E-state index in [1.54, 1.807) is 0 Å². The number of allylic oxidation sites excluding steroid dienone is 12. The second-order valence-corrected chi connectivity index (χ2v) is 8.02. The molecule has 0 saturated heterocycles. The third-order valence-corrected chi connectivity index (χ3v) is 4.74. The average molecular weight is 512 g/mol. The number of hydrogen-bond donors (Lipinski definition) is 4. The van der Waals surface area contributed by atoms with E-state index >= 15 is 0 Å². The predicted molar refractivity (Wildman–Crippen MR) is 153 cm³/mol. The third-order valence-electron chi connectivity index (χ3n) is 4.74. The standard InChI is InChI=1S/C30H45N3O4/c1-2-3-4-5-6-7-8-9-10-11-12-13-14-15-16-17-18-19-20-21-28(34)32-26-24-31-25-27-33-29(35)22-23-30(36)37/h3-4,6-7,9-10,12-13,15-16,18-19,22-23,31H,2,5,8,11,14,17,20-21,24-27H2,1H3,(H,32,34)(H,33,35)(H,36,37)/b4-3?,7-6?,10-9?,13-12?,16-15?,19-18?,23-22+. The Balaban J connectivity index is 3.58. The summed E-state index contributed by atoms with van der Waals surface area (Å²) in [7, 11) is 0. The van der Waals surface area contributed by atoms with Crippen LogP contribution >= 0.6 is 0 Å². The number of rotatable bonds is 22. The van der Waals surface area contributed by atoms with Gasteiger partial charge in [-0.1, -0.05) is 79.8 Å². The van der Waals surface area contributed by atoms with Crippen molar-refractivity contribution in [3.05, 3.63) is 85.1 Å². The molecule has 2 amide bonds. The van der Waals surface area contributed by atoms with Crippen LogP contribution in [-0.2, 0) is 14.4 Å². The summed E-state index contributed by atoms with van der Waals surface area (Å²) in [5, 5.41) is 16.9. The SMILES string of the molecule is CCC=CCC=CCC=CCC=CCC=CCC=CCCC(=O)NCCNCCNC(=O)/C=C/C(=O)O. The number of carbonyl (C=O) groups excluding carboxylic acids is 2. The Bertz CT molecular complexity index is 821. The molecule has 0 aromatic carbocycles. The monoisotopic (exact) mass is 511 g/mol. The number of carbonyl (C=O) groups is 3. The van der Waals surface area contributed by atoms with Crippen molar-refractivity contribution in [3.8, 4) is 0 Å². The van der Waals surface area contributed by atoms with Gasteiger partial charge in [0.15, 0.2) is 0 Å². The minimum atomic E-state index is -1.16. The lowest BCUT2D eigenvalue weighted by Crippen LogP contribution is -2.36. The molecule has 0 radical (unpaired) electrons. The van der Waals surface area contributed by atoms with Gasteiger partial charge in [0, 0.05) is 44.8 Å². The second-order valence-electron chi connectivity index (χ2n) is 8.02. The number of carboxylic acid groups (broad SMARTS) is 1. The Kier molecular flexibility index (Phi) is 24.6. The lowest BCUT2D eigenvalue weighted by Gasteiger charge is -2.06. The molecule has 0 bridgehead atoms. The van der Waals surface area contributed by atoms with Crippen LogP contribution in [0.5, 0.6) is 0 Å². The van der Waals surface area contributed by atoms with E-state index in [9.17, 15) is 14.4 Å². The maximum absolute atomic E-state index is 11.8. The van der Waals surface area contributed by atoms with Crippen molar-refractivity contribution in [2.75, 3.05) is 26.2 Å². The fourth-order valence-electron chi connectivity index (χ4n) is 2.84. The van der Waals surface area contributed by atoms with Gasteiger partial charge in [-0.2, -0.15) is 0 Å². The molecule has 0 aliphatic carbocycles. The number of nitrogens with one attached hydrogen (secondary N) is 3. The van der Waals surface area contributed by atoms with E-state index in [0.717, 1.165) is 50.7 Å². The van der Waals surface area contributed by atoms with Gasteiger partial charge < -0.3 is 21.1 Å². The first-order valence-corrected chi connectivity index (χ1v) is 13.1. The molecule has 37 heavy (non-hydrogen) atoms. The van der Waals surface area contributed by atoms with Crippen LogP contribution in [0.3, 0.4) is 0 Å².